The van der Waals surface area contributed by atoms with Gasteiger partial charge in [-0.3, -0.25) is 4.79 Å². The highest BCUT2D eigenvalue weighted by Gasteiger charge is 2.15. The summed E-state index contributed by atoms with van der Waals surface area (Å²) in [6.07, 6.45) is 0. The van der Waals surface area contributed by atoms with Gasteiger partial charge in [0.1, 0.15) is 5.75 Å². The molecule has 0 heterocycles. The molecule has 0 bridgehead atoms. The molecule has 0 unspecified atom stereocenters. The predicted molar refractivity (Wildman–Crippen MR) is 69.3 cm³/mol. The van der Waals surface area contributed by atoms with Gasteiger partial charge in [-0.25, -0.2) is 0 Å². The van der Waals surface area contributed by atoms with Gasteiger partial charge in [-0.2, -0.15) is 0 Å². The molecule has 1 amide bonds. The third kappa shape index (κ3) is 3.37. The van der Waals surface area contributed by atoms with Crippen LogP contribution in [0.3, 0.4) is 0 Å². The van der Waals surface area contributed by atoms with Gasteiger partial charge in [0, 0.05) is 30.4 Å². The molecule has 0 atom stereocenters. The van der Waals surface area contributed by atoms with Crippen LogP contribution in [0.4, 0.5) is 5.69 Å². The molecular formula is C13H20N2O2. The first kappa shape index (κ1) is 13.4. The van der Waals surface area contributed by atoms with Gasteiger partial charge in [0.05, 0.1) is 6.61 Å². The van der Waals surface area contributed by atoms with E-state index < -0.39 is 0 Å². The van der Waals surface area contributed by atoms with Crippen LogP contribution in [-0.4, -0.2) is 30.5 Å². The number of hydrogen-bond acceptors (Lipinski definition) is 3. The minimum absolute atomic E-state index is 0.0479. The van der Waals surface area contributed by atoms with Crippen LogP contribution in [0.5, 0.6) is 5.75 Å². The second-order valence-electron chi connectivity index (χ2n) is 4.23. The molecular weight excluding hydrogens is 216 g/mol. The van der Waals surface area contributed by atoms with Crippen LogP contribution < -0.4 is 10.5 Å². The van der Waals surface area contributed by atoms with Gasteiger partial charge in [0.25, 0.3) is 5.91 Å². The van der Waals surface area contributed by atoms with Crippen LogP contribution in [-0.2, 0) is 0 Å². The number of hydrogen-bond donors (Lipinski definition) is 1. The van der Waals surface area contributed by atoms with E-state index in [1.807, 2.05) is 20.8 Å². The summed E-state index contributed by atoms with van der Waals surface area (Å²) in [7, 11) is 1.77. The van der Waals surface area contributed by atoms with Crippen molar-refractivity contribution in [1.82, 2.24) is 4.90 Å². The van der Waals surface area contributed by atoms with Crippen molar-refractivity contribution in [2.75, 3.05) is 19.4 Å². The molecule has 0 aliphatic rings. The fourth-order valence-electron chi connectivity index (χ4n) is 1.43. The minimum Gasteiger partial charge on any atom is -0.494 e. The van der Waals surface area contributed by atoms with Crippen molar-refractivity contribution in [3.8, 4) is 5.75 Å². The summed E-state index contributed by atoms with van der Waals surface area (Å²) in [5.74, 6) is 0.584. The maximum atomic E-state index is 12.1. The van der Waals surface area contributed by atoms with Gasteiger partial charge in [0.2, 0.25) is 0 Å². The van der Waals surface area contributed by atoms with Gasteiger partial charge >= 0.3 is 0 Å². The van der Waals surface area contributed by atoms with Crippen LogP contribution in [0.15, 0.2) is 18.2 Å². The predicted octanol–water partition coefficient (Wildman–Crippen LogP) is 2.15. The van der Waals surface area contributed by atoms with E-state index in [1.54, 1.807) is 30.1 Å². The van der Waals surface area contributed by atoms with Gasteiger partial charge in [-0.1, -0.05) is 0 Å². The Hall–Kier alpha value is -1.71. The molecule has 1 rings (SSSR count). The highest BCUT2D eigenvalue weighted by Crippen LogP contribution is 2.20. The molecule has 0 aliphatic heterocycles. The number of nitrogen functional groups attached to an aromatic ring is 1. The first-order chi connectivity index (χ1) is 7.95. The Bertz CT molecular complexity index is 402. The van der Waals surface area contributed by atoms with E-state index in [1.165, 1.54) is 0 Å². The average Bonchev–Trinajstić information content (AvgIpc) is 2.26. The highest BCUT2D eigenvalue weighted by molar-refractivity contribution is 5.95. The number of nitrogens with zero attached hydrogens (tertiary/aromatic N) is 1. The van der Waals surface area contributed by atoms with Crippen molar-refractivity contribution in [2.45, 2.75) is 26.8 Å². The lowest BCUT2D eigenvalue weighted by molar-refractivity contribution is 0.0754. The monoisotopic (exact) mass is 236 g/mol. The first-order valence-corrected chi connectivity index (χ1v) is 5.76. The fourth-order valence-corrected chi connectivity index (χ4v) is 1.43. The molecule has 0 saturated heterocycles. The zero-order valence-corrected chi connectivity index (χ0v) is 10.9. The van der Waals surface area contributed by atoms with Crippen molar-refractivity contribution in [3.05, 3.63) is 23.8 Å². The molecule has 4 nitrogen and oxygen atoms in total. The lowest BCUT2D eigenvalue weighted by Crippen LogP contribution is -2.33. The quantitative estimate of drug-likeness (QED) is 0.815. The highest BCUT2D eigenvalue weighted by atomic mass is 16.5. The van der Waals surface area contributed by atoms with E-state index in [9.17, 15) is 4.79 Å². The molecule has 0 aromatic heterocycles. The van der Waals surface area contributed by atoms with E-state index >= 15 is 0 Å². The van der Waals surface area contributed by atoms with Crippen molar-refractivity contribution in [3.63, 3.8) is 0 Å². The van der Waals surface area contributed by atoms with Crippen LogP contribution in [0, 0.1) is 0 Å². The Morgan fingerprint density at radius 3 is 2.59 bits per heavy atom. The molecule has 0 fully saturated rings. The number of carbonyl (C=O) groups is 1. The Balaban J connectivity index is 3.01. The summed E-state index contributed by atoms with van der Waals surface area (Å²) in [5.41, 5.74) is 6.85. The molecule has 17 heavy (non-hydrogen) atoms. The second kappa shape index (κ2) is 5.57. The van der Waals surface area contributed by atoms with Crippen molar-refractivity contribution in [2.24, 2.45) is 0 Å². The molecule has 94 valence electrons. The number of benzene rings is 1. The van der Waals surface area contributed by atoms with E-state index in [0.29, 0.717) is 23.6 Å². The number of amides is 1. The average molecular weight is 236 g/mol. The normalized spacial score (nSPS) is 10.4. The third-order valence-corrected chi connectivity index (χ3v) is 2.58. The Morgan fingerprint density at radius 1 is 1.41 bits per heavy atom. The van der Waals surface area contributed by atoms with E-state index in [2.05, 4.69) is 0 Å². The van der Waals surface area contributed by atoms with Crippen molar-refractivity contribution in [1.29, 1.82) is 0 Å². The fraction of sp³-hybridized carbons (Fsp3) is 0.462. The lowest BCUT2D eigenvalue weighted by Gasteiger charge is -2.21. The summed E-state index contributed by atoms with van der Waals surface area (Å²) in [5, 5.41) is 0. The molecule has 2 N–H and O–H groups in total. The maximum Gasteiger partial charge on any atom is 0.254 e. The molecule has 1 aromatic carbocycles. The Morgan fingerprint density at radius 2 is 2.06 bits per heavy atom. The number of ether oxygens (including phenoxy) is 1. The smallest absolute Gasteiger partial charge is 0.254 e. The van der Waals surface area contributed by atoms with Gasteiger partial charge in [0.15, 0.2) is 0 Å². The summed E-state index contributed by atoms with van der Waals surface area (Å²) < 4.78 is 5.37. The second-order valence-corrected chi connectivity index (χ2v) is 4.23. The van der Waals surface area contributed by atoms with Crippen LogP contribution >= 0.6 is 0 Å². The molecule has 1 aromatic rings. The third-order valence-electron chi connectivity index (χ3n) is 2.58. The number of rotatable bonds is 4. The van der Waals surface area contributed by atoms with Crippen molar-refractivity contribution >= 4 is 11.6 Å². The van der Waals surface area contributed by atoms with Gasteiger partial charge in [-0.05, 0) is 32.9 Å². The topological polar surface area (TPSA) is 55.6 Å². The van der Waals surface area contributed by atoms with Crippen LogP contribution in [0.25, 0.3) is 0 Å². The standard InChI is InChI=1S/C13H20N2O2/c1-5-17-12-7-10(6-11(14)8-12)13(16)15(4)9(2)3/h6-9H,5,14H2,1-4H3. The Kier molecular flexibility index (Phi) is 4.37. The molecule has 0 aliphatic carbocycles. The minimum atomic E-state index is -0.0479. The molecule has 0 spiro atoms. The van der Waals surface area contributed by atoms with E-state index in [0.717, 1.165) is 0 Å². The van der Waals surface area contributed by atoms with Gasteiger partial charge < -0.3 is 15.4 Å². The van der Waals surface area contributed by atoms with E-state index in [4.69, 9.17) is 10.5 Å². The van der Waals surface area contributed by atoms with Gasteiger partial charge in [-0.15, -0.1) is 0 Å². The largest absolute Gasteiger partial charge is 0.494 e. The molecule has 0 radical (unpaired) electrons. The summed E-state index contributed by atoms with van der Waals surface area (Å²) in [6.45, 7) is 6.38. The summed E-state index contributed by atoms with van der Waals surface area (Å²) in [4.78, 5) is 13.8. The number of carbonyl (C=O) groups excluding carboxylic acids is 1. The van der Waals surface area contributed by atoms with E-state index in [-0.39, 0.29) is 11.9 Å². The SMILES string of the molecule is CCOc1cc(N)cc(C(=O)N(C)C(C)C)c1. The van der Waals surface area contributed by atoms with Crippen LogP contribution in [0.2, 0.25) is 0 Å². The zero-order chi connectivity index (χ0) is 13.0. The molecule has 0 saturated carbocycles. The number of anilines is 1. The Labute approximate surface area is 102 Å². The number of nitrogens with two attached hydrogens (primary N) is 1. The summed E-state index contributed by atoms with van der Waals surface area (Å²) >= 11 is 0. The molecule has 4 heteroatoms. The maximum absolute atomic E-state index is 12.1. The summed E-state index contributed by atoms with van der Waals surface area (Å²) in [6, 6.07) is 5.26. The van der Waals surface area contributed by atoms with Crippen molar-refractivity contribution < 1.29 is 9.53 Å². The first-order valence-electron chi connectivity index (χ1n) is 5.76. The zero-order valence-electron chi connectivity index (χ0n) is 10.9. The van der Waals surface area contributed by atoms with Crippen LogP contribution in [0.1, 0.15) is 31.1 Å². The lowest BCUT2D eigenvalue weighted by atomic mass is 10.1.